The zero-order valence-corrected chi connectivity index (χ0v) is 17.7. The fourth-order valence-electron chi connectivity index (χ4n) is 3.26. The summed E-state index contributed by atoms with van der Waals surface area (Å²) in [6, 6.07) is 13.8. The second kappa shape index (κ2) is 8.08. The molecule has 8 heteroatoms. The number of rotatable bonds is 5. The second-order valence-electron chi connectivity index (χ2n) is 7.06. The molecule has 4 aromatic rings. The van der Waals surface area contributed by atoms with Crippen molar-refractivity contribution in [3.63, 3.8) is 0 Å². The van der Waals surface area contributed by atoms with Gasteiger partial charge in [-0.2, -0.15) is 10.2 Å². The minimum atomic E-state index is -0.478. The van der Waals surface area contributed by atoms with Crippen molar-refractivity contribution in [3.8, 4) is 16.3 Å². The smallest absolute Gasteiger partial charge is 0.277 e. The van der Waals surface area contributed by atoms with Gasteiger partial charge in [-0.05, 0) is 43.0 Å². The summed E-state index contributed by atoms with van der Waals surface area (Å²) >= 11 is 1.59. The number of thiophene rings is 1. The van der Waals surface area contributed by atoms with Gasteiger partial charge in [0.25, 0.3) is 11.5 Å². The number of aromatic nitrogens is 4. The van der Waals surface area contributed by atoms with Gasteiger partial charge in [0.05, 0.1) is 16.3 Å². The first-order valence-electron chi connectivity index (χ1n) is 9.45. The zero-order valence-electron chi connectivity index (χ0n) is 16.9. The van der Waals surface area contributed by atoms with E-state index in [0.717, 1.165) is 21.8 Å². The van der Waals surface area contributed by atoms with Crippen LogP contribution in [0.4, 0.5) is 0 Å². The van der Waals surface area contributed by atoms with E-state index in [2.05, 4.69) is 10.2 Å². The SMILES string of the molecule is Cc1n[nH]c(=O)c(C(=O)N(C)Cc2cn(-c3ccccc3)nc2-c2cccs2)c1C. The highest BCUT2D eigenvalue weighted by atomic mass is 32.1. The quantitative estimate of drug-likeness (QED) is 0.536. The molecule has 0 saturated heterocycles. The molecule has 0 atom stereocenters. The number of nitrogens with one attached hydrogen (secondary N) is 1. The summed E-state index contributed by atoms with van der Waals surface area (Å²) in [5.74, 6) is -0.344. The number of aromatic amines is 1. The van der Waals surface area contributed by atoms with Crippen molar-refractivity contribution < 1.29 is 4.79 Å². The van der Waals surface area contributed by atoms with Crippen molar-refractivity contribution in [3.05, 3.63) is 86.8 Å². The Bertz CT molecular complexity index is 1240. The predicted octanol–water partition coefficient (Wildman–Crippen LogP) is 3.57. The third-order valence-corrected chi connectivity index (χ3v) is 5.88. The molecule has 0 spiro atoms. The number of benzene rings is 1. The average molecular weight is 420 g/mol. The van der Waals surface area contributed by atoms with E-state index >= 15 is 0 Å². The van der Waals surface area contributed by atoms with E-state index in [1.807, 2.05) is 58.7 Å². The van der Waals surface area contributed by atoms with Crippen LogP contribution in [0.25, 0.3) is 16.3 Å². The van der Waals surface area contributed by atoms with E-state index < -0.39 is 5.56 Å². The Labute approximate surface area is 177 Å². The molecular formula is C22H21N5O2S. The summed E-state index contributed by atoms with van der Waals surface area (Å²) in [5.41, 5.74) is 3.53. The van der Waals surface area contributed by atoms with E-state index in [0.29, 0.717) is 17.8 Å². The summed E-state index contributed by atoms with van der Waals surface area (Å²) in [5, 5.41) is 13.1. The molecule has 3 aromatic heterocycles. The summed E-state index contributed by atoms with van der Waals surface area (Å²) in [4.78, 5) is 27.9. The molecule has 0 fully saturated rings. The summed E-state index contributed by atoms with van der Waals surface area (Å²) in [6.45, 7) is 3.82. The standard InChI is InChI=1S/C22H21N5O2S/c1-14-15(2)23-24-21(28)19(14)22(29)26(3)12-16-13-27(17-8-5-4-6-9-17)25-20(16)18-10-7-11-30-18/h4-11,13H,12H2,1-3H3,(H,24,28). The van der Waals surface area contributed by atoms with Crippen molar-refractivity contribution in [2.45, 2.75) is 20.4 Å². The molecule has 7 nitrogen and oxygen atoms in total. The van der Waals surface area contributed by atoms with E-state index in [9.17, 15) is 9.59 Å². The molecule has 152 valence electrons. The highest BCUT2D eigenvalue weighted by molar-refractivity contribution is 7.13. The van der Waals surface area contributed by atoms with Gasteiger partial charge in [-0.1, -0.05) is 24.3 Å². The predicted molar refractivity (Wildman–Crippen MR) is 117 cm³/mol. The maximum Gasteiger partial charge on any atom is 0.277 e. The Morgan fingerprint density at radius 1 is 1.17 bits per heavy atom. The minimum absolute atomic E-state index is 0.123. The fourth-order valence-corrected chi connectivity index (χ4v) is 4.00. The van der Waals surface area contributed by atoms with Crippen LogP contribution in [0.3, 0.4) is 0 Å². The highest BCUT2D eigenvalue weighted by Gasteiger charge is 2.22. The van der Waals surface area contributed by atoms with Crippen LogP contribution in [0.2, 0.25) is 0 Å². The molecule has 3 heterocycles. The van der Waals surface area contributed by atoms with Crippen LogP contribution >= 0.6 is 11.3 Å². The molecule has 0 radical (unpaired) electrons. The molecule has 1 N–H and O–H groups in total. The number of aryl methyl sites for hydroxylation is 1. The van der Waals surface area contributed by atoms with Gasteiger partial charge < -0.3 is 4.90 Å². The van der Waals surface area contributed by atoms with Crippen LogP contribution < -0.4 is 5.56 Å². The molecule has 0 bridgehead atoms. The van der Waals surface area contributed by atoms with Crippen molar-refractivity contribution in [1.82, 2.24) is 24.9 Å². The zero-order chi connectivity index (χ0) is 21.3. The van der Waals surface area contributed by atoms with Gasteiger partial charge in [0, 0.05) is 25.4 Å². The number of amides is 1. The van der Waals surface area contributed by atoms with Crippen LogP contribution in [-0.2, 0) is 6.54 Å². The van der Waals surface area contributed by atoms with Crippen LogP contribution in [0.5, 0.6) is 0 Å². The monoisotopic (exact) mass is 419 g/mol. The summed E-state index contributed by atoms with van der Waals surface area (Å²) < 4.78 is 1.82. The molecule has 0 unspecified atom stereocenters. The van der Waals surface area contributed by atoms with Crippen molar-refractivity contribution in [2.24, 2.45) is 0 Å². The number of carbonyl (C=O) groups is 1. The normalized spacial score (nSPS) is 10.9. The minimum Gasteiger partial charge on any atom is -0.337 e. The van der Waals surface area contributed by atoms with Crippen LogP contribution in [0, 0.1) is 13.8 Å². The topological polar surface area (TPSA) is 83.9 Å². The van der Waals surface area contributed by atoms with Crippen LogP contribution in [0.1, 0.15) is 27.2 Å². The Morgan fingerprint density at radius 2 is 1.93 bits per heavy atom. The van der Waals surface area contributed by atoms with Crippen molar-refractivity contribution in [2.75, 3.05) is 7.05 Å². The van der Waals surface area contributed by atoms with Gasteiger partial charge in [0.2, 0.25) is 0 Å². The maximum atomic E-state index is 13.1. The Kier molecular flexibility index (Phi) is 5.33. The lowest BCUT2D eigenvalue weighted by Gasteiger charge is -2.18. The number of para-hydroxylation sites is 1. The van der Waals surface area contributed by atoms with Gasteiger partial charge >= 0.3 is 0 Å². The summed E-state index contributed by atoms with van der Waals surface area (Å²) in [6.07, 6.45) is 1.93. The number of H-pyrrole nitrogens is 1. The van der Waals surface area contributed by atoms with Gasteiger partial charge in [-0.25, -0.2) is 9.78 Å². The lowest BCUT2D eigenvalue weighted by atomic mass is 10.1. The maximum absolute atomic E-state index is 13.1. The first-order chi connectivity index (χ1) is 14.5. The number of hydrogen-bond donors (Lipinski definition) is 1. The van der Waals surface area contributed by atoms with E-state index in [-0.39, 0.29) is 11.5 Å². The molecule has 4 rings (SSSR count). The lowest BCUT2D eigenvalue weighted by Crippen LogP contribution is -2.33. The highest BCUT2D eigenvalue weighted by Crippen LogP contribution is 2.28. The first kappa shape index (κ1) is 19.8. The Morgan fingerprint density at radius 3 is 2.63 bits per heavy atom. The molecule has 0 aliphatic carbocycles. The van der Waals surface area contributed by atoms with Crippen LogP contribution in [-0.4, -0.2) is 37.8 Å². The summed E-state index contributed by atoms with van der Waals surface area (Å²) in [7, 11) is 1.69. The van der Waals surface area contributed by atoms with Crippen molar-refractivity contribution >= 4 is 17.2 Å². The molecule has 0 aliphatic heterocycles. The number of carbonyl (C=O) groups excluding carboxylic acids is 1. The molecular weight excluding hydrogens is 398 g/mol. The largest absolute Gasteiger partial charge is 0.337 e. The van der Waals surface area contributed by atoms with E-state index in [1.165, 1.54) is 0 Å². The van der Waals surface area contributed by atoms with E-state index in [1.54, 1.807) is 37.1 Å². The van der Waals surface area contributed by atoms with Crippen molar-refractivity contribution in [1.29, 1.82) is 0 Å². The molecule has 30 heavy (non-hydrogen) atoms. The Balaban J connectivity index is 1.70. The molecule has 1 amide bonds. The average Bonchev–Trinajstić information content (AvgIpc) is 3.41. The van der Waals surface area contributed by atoms with Gasteiger partial charge in [-0.3, -0.25) is 9.59 Å². The first-order valence-corrected chi connectivity index (χ1v) is 10.3. The van der Waals surface area contributed by atoms with Gasteiger partial charge in [-0.15, -0.1) is 11.3 Å². The number of hydrogen-bond acceptors (Lipinski definition) is 5. The van der Waals surface area contributed by atoms with Crippen LogP contribution in [0.15, 0.2) is 58.8 Å². The van der Waals surface area contributed by atoms with Gasteiger partial charge in [0.15, 0.2) is 0 Å². The lowest BCUT2D eigenvalue weighted by molar-refractivity contribution is 0.0782. The number of nitrogens with zero attached hydrogens (tertiary/aromatic N) is 4. The Hall–Kier alpha value is -3.52. The molecule has 0 aliphatic rings. The third kappa shape index (κ3) is 3.69. The van der Waals surface area contributed by atoms with Gasteiger partial charge in [0.1, 0.15) is 11.3 Å². The second-order valence-corrected chi connectivity index (χ2v) is 8.01. The fraction of sp³-hybridized carbons (Fsp3) is 0.182. The molecule has 0 saturated carbocycles. The van der Waals surface area contributed by atoms with E-state index in [4.69, 9.17) is 5.10 Å². The third-order valence-electron chi connectivity index (χ3n) is 5.00. The molecule has 1 aromatic carbocycles.